The summed E-state index contributed by atoms with van der Waals surface area (Å²) < 4.78 is 29.5. The zero-order valence-electron chi connectivity index (χ0n) is 16.8. The fraction of sp³-hybridized carbons (Fsp3) is 0.286. The minimum Gasteiger partial charge on any atom is -0.465 e. The summed E-state index contributed by atoms with van der Waals surface area (Å²) in [6.45, 7) is 5.12. The van der Waals surface area contributed by atoms with Gasteiger partial charge in [0, 0.05) is 6.20 Å². The van der Waals surface area contributed by atoms with Crippen LogP contribution in [0.15, 0.2) is 53.9 Å². The molecular formula is C21H22FNO6. The minimum atomic E-state index is -0.885. The Bertz CT molecular complexity index is 924. The number of carbonyl (C=O) groups excluding carboxylic acids is 3. The lowest BCUT2D eigenvalue weighted by molar-refractivity contribution is -0.139. The van der Waals surface area contributed by atoms with Crippen molar-refractivity contribution >= 4 is 23.6 Å². The number of carbonyl (C=O) groups is 3. The van der Waals surface area contributed by atoms with Gasteiger partial charge in [-0.15, -0.1) is 0 Å². The van der Waals surface area contributed by atoms with Crippen molar-refractivity contribution in [3.05, 3.63) is 65.3 Å². The standard InChI is InChI=1S/C21H22FNO6/c1-21(2,3)29-18(24)13-9-10-15(22)16(12-13)23-11-7-6-8-14(19(25)27-4)17(23)20(26)28-5/h6-12H,1-5H3. The smallest absolute Gasteiger partial charge is 0.355 e. The molecule has 0 saturated heterocycles. The predicted octanol–water partition coefficient (Wildman–Crippen LogP) is 3.27. The quantitative estimate of drug-likeness (QED) is 0.564. The molecule has 0 spiro atoms. The van der Waals surface area contributed by atoms with E-state index >= 15 is 0 Å². The first-order chi connectivity index (χ1) is 13.6. The molecule has 0 fully saturated rings. The first-order valence-corrected chi connectivity index (χ1v) is 8.67. The summed E-state index contributed by atoms with van der Waals surface area (Å²) in [6, 6.07) is 3.58. The molecule has 1 aliphatic rings. The van der Waals surface area contributed by atoms with Gasteiger partial charge >= 0.3 is 17.9 Å². The molecule has 1 aromatic carbocycles. The number of hydrogen-bond donors (Lipinski definition) is 0. The van der Waals surface area contributed by atoms with Crippen LogP contribution in [0.2, 0.25) is 0 Å². The lowest BCUT2D eigenvalue weighted by Gasteiger charge is -2.24. The molecule has 1 aliphatic heterocycles. The number of anilines is 1. The second-order valence-electron chi connectivity index (χ2n) is 6.98. The maximum Gasteiger partial charge on any atom is 0.355 e. The molecule has 0 aromatic heterocycles. The van der Waals surface area contributed by atoms with Crippen molar-refractivity contribution < 1.29 is 33.0 Å². The Kier molecular flexibility index (Phi) is 6.58. The molecule has 154 valence electrons. The van der Waals surface area contributed by atoms with Gasteiger partial charge in [-0.05, 0) is 51.1 Å². The normalized spacial score (nSPS) is 13.8. The van der Waals surface area contributed by atoms with Gasteiger partial charge in [0.15, 0.2) is 0 Å². The molecule has 7 nitrogen and oxygen atoms in total. The molecule has 0 radical (unpaired) electrons. The van der Waals surface area contributed by atoms with E-state index in [2.05, 4.69) is 0 Å². The van der Waals surface area contributed by atoms with Crippen molar-refractivity contribution in [2.24, 2.45) is 0 Å². The van der Waals surface area contributed by atoms with E-state index in [4.69, 9.17) is 14.2 Å². The van der Waals surface area contributed by atoms with E-state index in [-0.39, 0.29) is 22.5 Å². The number of methoxy groups -OCH3 is 2. The minimum absolute atomic E-state index is 0.0748. The van der Waals surface area contributed by atoms with Gasteiger partial charge in [0.1, 0.15) is 17.1 Å². The fourth-order valence-corrected chi connectivity index (χ4v) is 2.51. The monoisotopic (exact) mass is 403 g/mol. The largest absolute Gasteiger partial charge is 0.465 e. The van der Waals surface area contributed by atoms with Crippen molar-refractivity contribution in [3.8, 4) is 0 Å². The molecule has 0 saturated carbocycles. The molecule has 8 heteroatoms. The second kappa shape index (κ2) is 8.72. The Morgan fingerprint density at radius 1 is 0.966 bits per heavy atom. The van der Waals surface area contributed by atoms with Crippen LogP contribution in [-0.4, -0.2) is 37.7 Å². The molecule has 0 aliphatic carbocycles. The number of hydrogen-bond acceptors (Lipinski definition) is 7. The van der Waals surface area contributed by atoms with Crippen molar-refractivity contribution in [2.45, 2.75) is 26.4 Å². The van der Waals surface area contributed by atoms with Gasteiger partial charge in [-0.3, -0.25) is 0 Å². The zero-order valence-corrected chi connectivity index (χ0v) is 16.8. The number of esters is 3. The van der Waals surface area contributed by atoms with Gasteiger partial charge in [0.25, 0.3) is 0 Å². The topological polar surface area (TPSA) is 82.1 Å². The van der Waals surface area contributed by atoms with E-state index in [1.807, 2.05) is 0 Å². The highest BCUT2D eigenvalue weighted by Crippen LogP contribution is 2.30. The first-order valence-electron chi connectivity index (χ1n) is 8.67. The highest BCUT2D eigenvalue weighted by atomic mass is 19.1. The van der Waals surface area contributed by atoms with E-state index in [0.717, 1.165) is 25.2 Å². The summed E-state index contributed by atoms with van der Waals surface area (Å²) in [5.74, 6) is -3.08. The summed E-state index contributed by atoms with van der Waals surface area (Å²) in [6.07, 6.45) is 5.71. The third-order valence-corrected chi connectivity index (χ3v) is 3.73. The fourth-order valence-electron chi connectivity index (χ4n) is 2.51. The average molecular weight is 403 g/mol. The van der Waals surface area contributed by atoms with E-state index in [1.54, 1.807) is 20.8 Å². The van der Waals surface area contributed by atoms with Gasteiger partial charge in [0.05, 0.1) is 31.0 Å². The van der Waals surface area contributed by atoms with Crippen LogP contribution >= 0.6 is 0 Å². The van der Waals surface area contributed by atoms with Gasteiger partial charge in [0.2, 0.25) is 0 Å². The number of allylic oxidation sites excluding steroid dienone is 2. The molecule has 1 aromatic rings. The van der Waals surface area contributed by atoms with Crippen LogP contribution in [0.1, 0.15) is 31.1 Å². The molecule has 0 N–H and O–H groups in total. The number of benzene rings is 1. The summed E-state index contributed by atoms with van der Waals surface area (Å²) in [5, 5.41) is 0. The number of nitrogens with zero attached hydrogens (tertiary/aromatic N) is 1. The summed E-state index contributed by atoms with van der Waals surface area (Å²) in [7, 11) is 2.29. The first kappa shape index (κ1) is 21.9. The van der Waals surface area contributed by atoms with Gasteiger partial charge in [-0.2, -0.15) is 0 Å². The van der Waals surface area contributed by atoms with Crippen LogP contribution in [0.4, 0.5) is 10.1 Å². The van der Waals surface area contributed by atoms with Gasteiger partial charge < -0.3 is 19.1 Å². The maximum atomic E-state index is 14.7. The Hall–Kier alpha value is -3.42. The molecule has 0 bridgehead atoms. The summed E-state index contributed by atoms with van der Waals surface area (Å²) in [4.78, 5) is 38.1. The Morgan fingerprint density at radius 2 is 1.62 bits per heavy atom. The lowest BCUT2D eigenvalue weighted by atomic mass is 10.1. The van der Waals surface area contributed by atoms with E-state index in [1.165, 1.54) is 36.6 Å². The highest BCUT2D eigenvalue weighted by molar-refractivity contribution is 6.05. The van der Waals surface area contributed by atoms with Crippen LogP contribution in [-0.2, 0) is 23.8 Å². The van der Waals surface area contributed by atoms with Crippen LogP contribution in [0.25, 0.3) is 0 Å². The Balaban J connectivity index is 2.64. The third-order valence-electron chi connectivity index (χ3n) is 3.73. The predicted molar refractivity (Wildman–Crippen MR) is 103 cm³/mol. The van der Waals surface area contributed by atoms with E-state index in [0.29, 0.717) is 0 Å². The molecule has 0 atom stereocenters. The van der Waals surface area contributed by atoms with Crippen LogP contribution < -0.4 is 4.90 Å². The number of halogens is 1. The van der Waals surface area contributed by atoms with Crippen molar-refractivity contribution in [1.82, 2.24) is 0 Å². The highest BCUT2D eigenvalue weighted by Gasteiger charge is 2.29. The van der Waals surface area contributed by atoms with Crippen LogP contribution in [0.3, 0.4) is 0 Å². The number of ether oxygens (including phenoxy) is 3. The summed E-state index contributed by atoms with van der Waals surface area (Å²) >= 11 is 0. The van der Waals surface area contributed by atoms with Gasteiger partial charge in [-0.1, -0.05) is 6.08 Å². The molecule has 0 unspecified atom stereocenters. The van der Waals surface area contributed by atoms with Gasteiger partial charge in [-0.25, -0.2) is 18.8 Å². The number of rotatable bonds is 4. The summed E-state index contributed by atoms with van der Waals surface area (Å²) in [5.41, 5.74) is -1.20. The third kappa shape index (κ3) is 5.10. The van der Waals surface area contributed by atoms with Crippen molar-refractivity contribution in [1.29, 1.82) is 0 Å². The zero-order chi connectivity index (χ0) is 21.8. The van der Waals surface area contributed by atoms with Crippen LogP contribution in [0.5, 0.6) is 0 Å². The second-order valence-corrected chi connectivity index (χ2v) is 6.98. The molecule has 1 heterocycles. The molecule has 2 rings (SSSR count). The van der Waals surface area contributed by atoms with E-state index in [9.17, 15) is 18.8 Å². The maximum absolute atomic E-state index is 14.7. The Morgan fingerprint density at radius 3 is 2.21 bits per heavy atom. The average Bonchev–Trinajstić information content (AvgIpc) is 2.88. The SMILES string of the molecule is COC(=O)C1=C(C(=O)OC)N(c2cc(C(=O)OC(C)(C)C)ccc2F)C=CC=C1. The molecule has 0 amide bonds. The molecular weight excluding hydrogens is 381 g/mol. The lowest BCUT2D eigenvalue weighted by Crippen LogP contribution is -2.28. The van der Waals surface area contributed by atoms with Crippen LogP contribution in [0, 0.1) is 5.82 Å². The van der Waals surface area contributed by atoms with Crippen molar-refractivity contribution in [2.75, 3.05) is 19.1 Å². The molecule has 29 heavy (non-hydrogen) atoms. The van der Waals surface area contributed by atoms with Crippen molar-refractivity contribution in [3.63, 3.8) is 0 Å². The van der Waals surface area contributed by atoms with E-state index < -0.39 is 29.3 Å². The Labute approximate surface area is 168 Å².